The van der Waals surface area contributed by atoms with Gasteiger partial charge in [0.05, 0.1) is 0 Å². The first kappa shape index (κ1) is 14.3. The summed E-state index contributed by atoms with van der Waals surface area (Å²) in [5.74, 6) is -0.0615. The molecule has 1 atom stereocenters. The number of hydrogen-bond acceptors (Lipinski definition) is 3. The molecular weight excluding hydrogens is 212 g/mol. The van der Waals surface area contributed by atoms with Crippen LogP contribution in [0.2, 0.25) is 0 Å². The molecule has 2 amide bonds. The second-order valence-electron chi connectivity index (χ2n) is 3.46. The number of carbonyl (C=O) groups excluding carboxylic acids is 2. The number of thiol groups is 1. The lowest BCUT2D eigenvalue weighted by atomic mass is 10.1. The van der Waals surface area contributed by atoms with Gasteiger partial charge in [-0.15, -0.1) is 0 Å². The van der Waals surface area contributed by atoms with Crippen LogP contribution in [-0.2, 0) is 9.59 Å². The van der Waals surface area contributed by atoms with E-state index < -0.39 is 6.04 Å². The highest BCUT2D eigenvalue weighted by Gasteiger charge is 2.19. The highest BCUT2D eigenvalue weighted by Crippen LogP contribution is 1.98. The molecule has 2 N–H and O–H groups in total. The van der Waals surface area contributed by atoms with Gasteiger partial charge in [-0.05, 0) is 12.8 Å². The smallest absolute Gasteiger partial charge is 0.243 e. The Balaban J connectivity index is 4.19. The predicted octanol–water partition coefficient (Wildman–Crippen LogP) is 0.726. The monoisotopic (exact) mass is 232 g/mol. The second kappa shape index (κ2) is 7.56. The van der Waals surface area contributed by atoms with Crippen LogP contribution in [0.5, 0.6) is 0 Å². The first-order valence-electron chi connectivity index (χ1n) is 5.23. The summed E-state index contributed by atoms with van der Waals surface area (Å²) in [6.45, 7) is 5.42. The fourth-order valence-electron chi connectivity index (χ4n) is 1.23. The summed E-state index contributed by atoms with van der Waals surface area (Å²) in [6, 6.07) is -0.361. The Hall–Kier alpha value is -0.710. The SMILES string of the molecule is CCC(CC)NC(=O)C(CS)NC(C)=O. The minimum absolute atomic E-state index is 0.158. The average Bonchev–Trinajstić information content (AvgIpc) is 2.21. The van der Waals surface area contributed by atoms with Crippen LogP contribution in [0.4, 0.5) is 0 Å². The van der Waals surface area contributed by atoms with Gasteiger partial charge in [-0.25, -0.2) is 0 Å². The highest BCUT2D eigenvalue weighted by molar-refractivity contribution is 7.80. The zero-order valence-corrected chi connectivity index (χ0v) is 10.4. The van der Waals surface area contributed by atoms with E-state index in [2.05, 4.69) is 23.3 Å². The summed E-state index contributed by atoms with van der Waals surface area (Å²) in [4.78, 5) is 22.5. The van der Waals surface area contributed by atoms with E-state index in [9.17, 15) is 9.59 Å². The molecule has 4 nitrogen and oxygen atoms in total. The van der Waals surface area contributed by atoms with Crippen molar-refractivity contribution in [2.75, 3.05) is 5.75 Å². The quantitative estimate of drug-likeness (QED) is 0.591. The molecule has 0 spiro atoms. The molecule has 0 saturated carbocycles. The van der Waals surface area contributed by atoms with Crippen molar-refractivity contribution in [3.05, 3.63) is 0 Å². The van der Waals surface area contributed by atoms with Gasteiger partial charge in [0.25, 0.3) is 0 Å². The second-order valence-corrected chi connectivity index (χ2v) is 3.82. The van der Waals surface area contributed by atoms with Crippen molar-refractivity contribution in [2.45, 2.75) is 45.7 Å². The number of rotatable bonds is 6. The summed E-state index contributed by atoms with van der Waals surface area (Å²) < 4.78 is 0. The molecule has 5 heteroatoms. The molecule has 0 aliphatic heterocycles. The van der Waals surface area contributed by atoms with E-state index in [1.54, 1.807) is 0 Å². The molecule has 0 radical (unpaired) electrons. The zero-order valence-electron chi connectivity index (χ0n) is 9.54. The Morgan fingerprint density at radius 1 is 1.20 bits per heavy atom. The fourth-order valence-corrected chi connectivity index (χ4v) is 1.49. The molecule has 0 heterocycles. The molecule has 0 aromatic carbocycles. The van der Waals surface area contributed by atoms with Crippen LogP contribution >= 0.6 is 12.6 Å². The van der Waals surface area contributed by atoms with Crippen molar-refractivity contribution in [3.63, 3.8) is 0 Å². The molecule has 0 aliphatic rings. The summed E-state index contributed by atoms with van der Waals surface area (Å²) in [5, 5.41) is 5.43. The minimum Gasteiger partial charge on any atom is -0.352 e. The molecule has 0 aliphatic carbocycles. The Labute approximate surface area is 96.6 Å². The van der Waals surface area contributed by atoms with Crippen LogP contribution in [0.15, 0.2) is 0 Å². The molecule has 0 fully saturated rings. The summed E-state index contributed by atoms with van der Waals surface area (Å²) in [5.41, 5.74) is 0. The zero-order chi connectivity index (χ0) is 11.8. The Morgan fingerprint density at radius 2 is 1.73 bits per heavy atom. The molecule has 0 bridgehead atoms. The third kappa shape index (κ3) is 5.67. The Kier molecular flexibility index (Phi) is 7.21. The molecule has 0 rings (SSSR count). The molecule has 0 aromatic rings. The number of hydrogen-bond donors (Lipinski definition) is 3. The van der Waals surface area contributed by atoms with Gasteiger partial charge in [0.1, 0.15) is 6.04 Å². The van der Waals surface area contributed by atoms with Gasteiger partial charge in [-0.3, -0.25) is 9.59 Å². The van der Waals surface area contributed by atoms with E-state index in [-0.39, 0.29) is 17.9 Å². The van der Waals surface area contributed by atoms with Crippen LogP contribution in [0, 0.1) is 0 Å². The van der Waals surface area contributed by atoms with Crippen molar-refractivity contribution in [2.24, 2.45) is 0 Å². The third-order valence-electron chi connectivity index (χ3n) is 2.21. The molecule has 1 unspecified atom stereocenters. The number of carbonyl (C=O) groups is 2. The highest BCUT2D eigenvalue weighted by atomic mass is 32.1. The van der Waals surface area contributed by atoms with Crippen molar-refractivity contribution in [3.8, 4) is 0 Å². The van der Waals surface area contributed by atoms with Crippen LogP contribution in [0.25, 0.3) is 0 Å². The van der Waals surface area contributed by atoms with Gasteiger partial charge in [0, 0.05) is 18.7 Å². The van der Waals surface area contributed by atoms with E-state index in [1.165, 1.54) is 6.92 Å². The maximum absolute atomic E-state index is 11.7. The lowest BCUT2D eigenvalue weighted by Gasteiger charge is -2.20. The normalized spacial score (nSPS) is 12.3. The van der Waals surface area contributed by atoms with Crippen molar-refractivity contribution in [1.29, 1.82) is 0 Å². The van der Waals surface area contributed by atoms with Gasteiger partial charge < -0.3 is 10.6 Å². The van der Waals surface area contributed by atoms with Gasteiger partial charge in [-0.1, -0.05) is 13.8 Å². The largest absolute Gasteiger partial charge is 0.352 e. The van der Waals surface area contributed by atoms with Crippen LogP contribution in [-0.4, -0.2) is 29.7 Å². The van der Waals surface area contributed by atoms with Crippen LogP contribution in [0.1, 0.15) is 33.6 Å². The molecule has 88 valence electrons. The maximum atomic E-state index is 11.7. The number of nitrogens with one attached hydrogen (secondary N) is 2. The molecule has 0 aromatic heterocycles. The van der Waals surface area contributed by atoms with Gasteiger partial charge >= 0.3 is 0 Å². The van der Waals surface area contributed by atoms with Gasteiger partial charge in [0.2, 0.25) is 11.8 Å². The standard InChI is InChI=1S/C10H20N2O2S/c1-4-8(5-2)12-10(14)9(6-15)11-7(3)13/h8-9,15H,4-6H2,1-3H3,(H,11,13)(H,12,14). The topological polar surface area (TPSA) is 58.2 Å². The lowest BCUT2D eigenvalue weighted by molar-refractivity contribution is -0.128. The first-order chi connectivity index (χ1) is 7.04. The van der Waals surface area contributed by atoms with Crippen molar-refractivity contribution >= 4 is 24.4 Å². The van der Waals surface area contributed by atoms with Gasteiger partial charge in [-0.2, -0.15) is 12.6 Å². The Morgan fingerprint density at radius 3 is 2.07 bits per heavy atom. The van der Waals surface area contributed by atoms with E-state index in [4.69, 9.17) is 0 Å². The predicted molar refractivity (Wildman–Crippen MR) is 64.0 cm³/mol. The third-order valence-corrected chi connectivity index (χ3v) is 2.57. The van der Waals surface area contributed by atoms with Crippen molar-refractivity contribution < 1.29 is 9.59 Å². The Bertz CT molecular complexity index is 217. The summed E-state index contributed by atoms with van der Waals surface area (Å²) >= 11 is 4.03. The van der Waals surface area contributed by atoms with E-state index in [0.29, 0.717) is 5.75 Å². The first-order valence-corrected chi connectivity index (χ1v) is 5.86. The summed E-state index contributed by atoms with van der Waals surface area (Å²) in [7, 11) is 0. The van der Waals surface area contributed by atoms with E-state index in [0.717, 1.165) is 12.8 Å². The van der Waals surface area contributed by atoms with E-state index in [1.807, 2.05) is 13.8 Å². The minimum atomic E-state index is -0.536. The number of amides is 2. The summed E-state index contributed by atoms with van der Waals surface area (Å²) in [6.07, 6.45) is 1.78. The fraction of sp³-hybridized carbons (Fsp3) is 0.800. The van der Waals surface area contributed by atoms with Crippen LogP contribution in [0.3, 0.4) is 0 Å². The molecular formula is C10H20N2O2S. The lowest BCUT2D eigenvalue weighted by Crippen LogP contribution is -2.49. The van der Waals surface area contributed by atoms with Crippen molar-refractivity contribution in [1.82, 2.24) is 10.6 Å². The van der Waals surface area contributed by atoms with Crippen LogP contribution < -0.4 is 10.6 Å². The molecule has 15 heavy (non-hydrogen) atoms. The molecule has 0 saturated heterocycles. The van der Waals surface area contributed by atoms with E-state index >= 15 is 0 Å². The average molecular weight is 232 g/mol. The van der Waals surface area contributed by atoms with Gasteiger partial charge in [0.15, 0.2) is 0 Å². The maximum Gasteiger partial charge on any atom is 0.243 e.